The number of rotatable bonds is 4. The molecule has 0 aliphatic carbocycles. The lowest BCUT2D eigenvalue weighted by Gasteiger charge is -2.22. The van der Waals surface area contributed by atoms with E-state index in [4.69, 9.17) is 4.98 Å². The van der Waals surface area contributed by atoms with E-state index in [1.165, 1.54) is 10.7 Å². The van der Waals surface area contributed by atoms with E-state index in [1.807, 2.05) is 14.1 Å². The van der Waals surface area contributed by atoms with E-state index in [0.29, 0.717) is 6.54 Å². The predicted molar refractivity (Wildman–Crippen MR) is 113 cm³/mol. The molecule has 0 fully saturated rings. The van der Waals surface area contributed by atoms with Crippen LogP contribution in [-0.4, -0.2) is 34.5 Å². The highest BCUT2D eigenvalue weighted by atomic mass is 127. The standard InChI is InChI=1S/C17H27N5S.HI/c1-17(2,3)15-20-13(12-23-15)10-19-16(18-4)22(6)11-14-8-7-9-21(14)5;/h7-9,12H,10-11H2,1-6H3,(H,18,19);1H. The number of guanidine groups is 1. The van der Waals surface area contributed by atoms with Gasteiger partial charge in [-0.2, -0.15) is 0 Å². The van der Waals surface area contributed by atoms with Crippen LogP contribution in [-0.2, 0) is 25.6 Å². The van der Waals surface area contributed by atoms with Crippen LogP contribution in [0.4, 0.5) is 0 Å². The van der Waals surface area contributed by atoms with E-state index < -0.39 is 0 Å². The van der Waals surface area contributed by atoms with E-state index in [2.05, 4.69) is 71.3 Å². The molecular formula is C17H28IN5S. The smallest absolute Gasteiger partial charge is 0.194 e. The number of aromatic nitrogens is 2. The fourth-order valence-electron chi connectivity index (χ4n) is 2.27. The van der Waals surface area contributed by atoms with Crippen molar-refractivity contribution in [2.24, 2.45) is 12.0 Å². The Hall–Kier alpha value is -1.09. The Morgan fingerprint density at radius 2 is 2.12 bits per heavy atom. The van der Waals surface area contributed by atoms with Crippen molar-refractivity contribution in [1.82, 2.24) is 19.8 Å². The van der Waals surface area contributed by atoms with Gasteiger partial charge in [-0.3, -0.25) is 4.99 Å². The average Bonchev–Trinajstić information content (AvgIpc) is 3.09. The summed E-state index contributed by atoms with van der Waals surface area (Å²) in [7, 11) is 5.91. The van der Waals surface area contributed by atoms with Crippen molar-refractivity contribution in [1.29, 1.82) is 0 Å². The molecule has 0 bridgehead atoms. The van der Waals surface area contributed by atoms with Crippen LogP contribution in [0.15, 0.2) is 28.7 Å². The molecule has 2 aromatic rings. The molecule has 1 N–H and O–H groups in total. The number of hydrogen-bond donors (Lipinski definition) is 1. The normalized spacial score (nSPS) is 12.0. The lowest BCUT2D eigenvalue weighted by atomic mass is 9.98. The maximum atomic E-state index is 4.72. The van der Waals surface area contributed by atoms with Gasteiger partial charge in [0.25, 0.3) is 0 Å². The zero-order chi connectivity index (χ0) is 17.0. The molecule has 0 spiro atoms. The zero-order valence-electron chi connectivity index (χ0n) is 15.3. The van der Waals surface area contributed by atoms with Crippen LogP contribution >= 0.6 is 35.3 Å². The maximum absolute atomic E-state index is 4.72. The summed E-state index contributed by atoms with van der Waals surface area (Å²) in [5, 5.41) is 6.68. The number of thiazole rings is 1. The van der Waals surface area contributed by atoms with Crippen molar-refractivity contribution in [3.63, 3.8) is 0 Å². The molecule has 0 saturated heterocycles. The molecule has 0 radical (unpaired) electrons. The Morgan fingerprint density at radius 3 is 2.62 bits per heavy atom. The van der Waals surface area contributed by atoms with Crippen molar-refractivity contribution < 1.29 is 0 Å². The van der Waals surface area contributed by atoms with Crippen molar-refractivity contribution in [2.45, 2.75) is 39.3 Å². The highest BCUT2D eigenvalue weighted by Gasteiger charge is 2.18. The summed E-state index contributed by atoms with van der Waals surface area (Å²) in [6.07, 6.45) is 2.06. The molecule has 2 rings (SSSR count). The fraction of sp³-hybridized carbons (Fsp3) is 0.529. The third-order valence-corrected chi connectivity index (χ3v) is 4.96. The number of aryl methyl sites for hydroxylation is 1. The number of nitrogens with one attached hydrogen (secondary N) is 1. The third-order valence-electron chi connectivity index (χ3n) is 3.64. The van der Waals surface area contributed by atoms with E-state index in [9.17, 15) is 0 Å². The van der Waals surface area contributed by atoms with Gasteiger partial charge in [0.15, 0.2) is 5.96 Å². The maximum Gasteiger partial charge on any atom is 0.194 e. The quantitative estimate of drug-likeness (QED) is 0.430. The van der Waals surface area contributed by atoms with E-state index in [0.717, 1.165) is 18.2 Å². The van der Waals surface area contributed by atoms with Gasteiger partial charge >= 0.3 is 0 Å². The van der Waals surface area contributed by atoms with Gasteiger partial charge in [0.1, 0.15) is 0 Å². The second kappa shape index (κ2) is 8.84. The Kier molecular flexibility index (Phi) is 7.72. The Morgan fingerprint density at radius 1 is 1.42 bits per heavy atom. The van der Waals surface area contributed by atoms with Crippen LogP contribution in [0, 0.1) is 0 Å². The first-order valence-electron chi connectivity index (χ1n) is 7.78. The molecule has 0 atom stereocenters. The van der Waals surface area contributed by atoms with E-state index >= 15 is 0 Å². The highest BCUT2D eigenvalue weighted by Crippen LogP contribution is 2.25. The largest absolute Gasteiger partial charge is 0.353 e. The lowest BCUT2D eigenvalue weighted by molar-refractivity contribution is 0.461. The molecule has 134 valence electrons. The summed E-state index contributed by atoms with van der Waals surface area (Å²) in [5.41, 5.74) is 2.42. The first-order chi connectivity index (χ1) is 10.8. The highest BCUT2D eigenvalue weighted by molar-refractivity contribution is 14.0. The van der Waals surface area contributed by atoms with Gasteiger partial charge in [0.2, 0.25) is 0 Å². The average molecular weight is 461 g/mol. The van der Waals surface area contributed by atoms with Crippen molar-refractivity contribution in [3.8, 4) is 0 Å². The number of halogens is 1. The topological polar surface area (TPSA) is 45.5 Å². The molecule has 0 amide bonds. The Labute approximate surface area is 166 Å². The molecule has 2 aromatic heterocycles. The molecule has 2 heterocycles. The molecule has 24 heavy (non-hydrogen) atoms. The summed E-state index contributed by atoms with van der Waals surface area (Å²) in [4.78, 5) is 11.2. The van der Waals surface area contributed by atoms with Crippen LogP contribution in [0.5, 0.6) is 0 Å². The van der Waals surface area contributed by atoms with Crippen molar-refractivity contribution >= 4 is 41.3 Å². The van der Waals surface area contributed by atoms with Crippen molar-refractivity contribution in [3.05, 3.63) is 40.1 Å². The molecule has 0 saturated carbocycles. The van der Waals surface area contributed by atoms with Gasteiger partial charge in [0.05, 0.1) is 23.8 Å². The number of aliphatic imine (C=N–C) groups is 1. The van der Waals surface area contributed by atoms with Crippen LogP contribution in [0.2, 0.25) is 0 Å². The zero-order valence-corrected chi connectivity index (χ0v) is 18.5. The first kappa shape index (κ1) is 21.0. The van der Waals surface area contributed by atoms with Crippen LogP contribution in [0.3, 0.4) is 0 Å². The van der Waals surface area contributed by atoms with Gasteiger partial charge in [-0.05, 0) is 12.1 Å². The molecule has 0 aromatic carbocycles. The number of hydrogen-bond acceptors (Lipinski definition) is 3. The summed E-state index contributed by atoms with van der Waals surface area (Å²) >= 11 is 1.72. The van der Waals surface area contributed by atoms with Gasteiger partial charge in [0, 0.05) is 43.8 Å². The molecule has 0 aliphatic heterocycles. The molecule has 5 nitrogen and oxygen atoms in total. The minimum absolute atomic E-state index is 0. The van der Waals surface area contributed by atoms with E-state index in [1.54, 1.807) is 11.3 Å². The summed E-state index contributed by atoms with van der Waals surface area (Å²) in [5.74, 6) is 0.872. The second-order valence-corrected chi connectivity index (χ2v) is 7.62. The van der Waals surface area contributed by atoms with E-state index in [-0.39, 0.29) is 29.4 Å². The molecule has 0 aliphatic rings. The third kappa shape index (κ3) is 5.47. The molecular weight excluding hydrogens is 433 g/mol. The lowest BCUT2D eigenvalue weighted by Crippen LogP contribution is -2.38. The number of nitrogens with zero attached hydrogens (tertiary/aromatic N) is 4. The Bertz CT molecular complexity index is 669. The summed E-state index contributed by atoms with van der Waals surface area (Å²) in [6.45, 7) is 8.07. The summed E-state index contributed by atoms with van der Waals surface area (Å²) < 4.78 is 2.12. The van der Waals surface area contributed by atoms with Crippen LogP contribution in [0.25, 0.3) is 0 Å². The van der Waals surface area contributed by atoms with Gasteiger partial charge < -0.3 is 14.8 Å². The first-order valence-corrected chi connectivity index (χ1v) is 8.66. The second-order valence-electron chi connectivity index (χ2n) is 6.76. The SMILES string of the molecule is CN=C(NCc1csc(C(C)(C)C)n1)N(C)Cc1cccn1C.I. The Balaban J connectivity index is 0.00000288. The summed E-state index contributed by atoms with van der Waals surface area (Å²) in [6, 6.07) is 4.18. The van der Waals surface area contributed by atoms with Gasteiger partial charge in [-0.15, -0.1) is 35.3 Å². The van der Waals surface area contributed by atoms with Gasteiger partial charge in [-0.25, -0.2) is 4.98 Å². The monoisotopic (exact) mass is 461 g/mol. The molecule has 0 unspecified atom stereocenters. The minimum atomic E-state index is 0. The van der Waals surface area contributed by atoms with Gasteiger partial charge in [-0.1, -0.05) is 20.8 Å². The van der Waals surface area contributed by atoms with Crippen LogP contribution < -0.4 is 5.32 Å². The fourth-order valence-corrected chi connectivity index (χ4v) is 3.17. The minimum Gasteiger partial charge on any atom is -0.353 e. The predicted octanol–water partition coefficient (Wildman–Crippen LogP) is 3.60. The molecule has 7 heteroatoms. The van der Waals surface area contributed by atoms with Crippen LogP contribution in [0.1, 0.15) is 37.2 Å². The van der Waals surface area contributed by atoms with Crippen molar-refractivity contribution in [2.75, 3.05) is 14.1 Å².